The highest BCUT2D eigenvalue weighted by molar-refractivity contribution is 6.30. The average Bonchev–Trinajstić information content (AvgIpc) is 3.48. The number of anilines is 2. The Bertz CT molecular complexity index is 1580. The number of nitrogen functional groups attached to an aromatic ring is 1. The van der Waals surface area contributed by atoms with Crippen LogP contribution in [0.15, 0.2) is 36.8 Å². The molecule has 1 saturated carbocycles. The van der Waals surface area contributed by atoms with Gasteiger partial charge < -0.3 is 15.5 Å². The van der Waals surface area contributed by atoms with Gasteiger partial charge in [0.05, 0.1) is 16.3 Å². The molecule has 2 aliphatic rings. The molecule has 6 rings (SSSR count). The van der Waals surface area contributed by atoms with Gasteiger partial charge in [-0.05, 0) is 36.5 Å². The number of nitrogens with two attached hydrogens (primary N) is 1. The zero-order valence-electron chi connectivity index (χ0n) is 19.0. The van der Waals surface area contributed by atoms with Crippen LogP contribution >= 0.6 is 11.6 Å². The molecule has 3 N–H and O–H groups in total. The molecule has 0 spiro atoms. The van der Waals surface area contributed by atoms with E-state index in [4.69, 9.17) is 17.3 Å². The van der Waals surface area contributed by atoms with Crippen LogP contribution in [-0.4, -0.2) is 36.4 Å². The van der Waals surface area contributed by atoms with Crippen LogP contribution in [0.4, 0.5) is 29.2 Å². The summed E-state index contributed by atoms with van der Waals surface area (Å²) in [7, 11) is 0. The maximum absolute atomic E-state index is 14.4. The van der Waals surface area contributed by atoms with E-state index in [1.165, 1.54) is 28.9 Å². The van der Waals surface area contributed by atoms with Gasteiger partial charge >= 0.3 is 6.18 Å². The second-order valence-electron chi connectivity index (χ2n) is 9.17. The third kappa shape index (κ3) is 3.78. The fraction of sp³-hybridized carbons (Fsp3) is 0.292. The number of alkyl halides is 3. The van der Waals surface area contributed by atoms with Crippen molar-refractivity contribution in [3.63, 3.8) is 0 Å². The monoisotopic (exact) mass is 531 g/mol. The minimum Gasteiger partial charge on any atom is -0.383 e. The predicted molar refractivity (Wildman–Crippen MR) is 126 cm³/mol. The summed E-state index contributed by atoms with van der Waals surface area (Å²) in [5.74, 6) is -1.05. The number of imidazole rings is 1. The number of carbonyl (C=O) groups excluding carboxylic acids is 1. The van der Waals surface area contributed by atoms with Crippen molar-refractivity contribution in [3.05, 3.63) is 64.5 Å². The van der Waals surface area contributed by atoms with Gasteiger partial charge in [-0.15, -0.1) is 0 Å². The lowest BCUT2D eigenvalue weighted by molar-refractivity contribution is -0.134. The molecule has 190 valence electrons. The molecule has 1 aliphatic carbocycles. The van der Waals surface area contributed by atoms with E-state index >= 15 is 0 Å². The number of aryl methyl sites for hydroxylation is 1. The van der Waals surface area contributed by atoms with Crippen LogP contribution in [0.25, 0.3) is 17.2 Å². The van der Waals surface area contributed by atoms with Gasteiger partial charge in [0, 0.05) is 31.4 Å². The van der Waals surface area contributed by atoms with E-state index < -0.39 is 29.7 Å². The normalized spacial score (nSPS) is 19.3. The molecule has 1 unspecified atom stereocenters. The first-order valence-electron chi connectivity index (χ1n) is 11.4. The van der Waals surface area contributed by atoms with Gasteiger partial charge in [-0.3, -0.25) is 4.79 Å². The molecule has 0 saturated heterocycles. The Hall–Kier alpha value is -3.80. The summed E-state index contributed by atoms with van der Waals surface area (Å²) < 4.78 is 54.7. The first-order chi connectivity index (χ1) is 17.6. The predicted octanol–water partition coefficient (Wildman–Crippen LogP) is 4.70. The standard InChI is InChI=1S/C24H18ClF4N7O/c25-13-4-3-12(9-14(13)26)24(11-1-2-11)17-18(30)33-19(34-20(17)35-22(24)37)16-10-36-8-7-31-21(36)15(32-16)5-6-23(27,28)29/h3-4,7-11H,1-2,5-6H2,(H3,30,33,34,35,37). The van der Waals surface area contributed by atoms with Crippen molar-refractivity contribution in [2.24, 2.45) is 5.92 Å². The maximum atomic E-state index is 14.4. The summed E-state index contributed by atoms with van der Waals surface area (Å²) in [6.45, 7) is 0. The number of hydrogen-bond acceptors (Lipinski definition) is 6. The summed E-state index contributed by atoms with van der Waals surface area (Å²) in [6.07, 6.45) is 0.167. The first kappa shape index (κ1) is 23.6. The molecule has 1 amide bonds. The molecule has 37 heavy (non-hydrogen) atoms. The van der Waals surface area contributed by atoms with E-state index in [9.17, 15) is 22.4 Å². The third-order valence-electron chi connectivity index (χ3n) is 6.80. The first-order valence-corrected chi connectivity index (χ1v) is 11.8. The van der Waals surface area contributed by atoms with Crippen LogP contribution in [0.5, 0.6) is 0 Å². The lowest BCUT2D eigenvalue weighted by Gasteiger charge is -2.28. The summed E-state index contributed by atoms with van der Waals surface area (Å²) >= 11 is 5.88. The molecular formula is C24H18ClF4N7O. The van der Waals surface area contributed by atoms with E-state index in [-0.39, 0.29) is 51.9 Å². The number of aromatic nitrogens is 5. The summed E-state index contributed by atoms with van der Waals surface area (Å²) in [5.41, 5.74) is 6.42. The molecule has 1 atom stereocenters. The molecule has 8 nitrogen and oxygen atoms in total. The minimum absolute atomic E-state index is 0.00928. The smallest absolute Gasteiger partial charge is 0.383 e. The fourth-order valence-electron chi connectivity index (χ4n) is 5.08. The van der Waals surface area contributed by atoms with Gasteiger partial charge in [0.1, 0.15) is 28.6 Å². The highest BCUT2D eigenvalue weighted by Gasteiger charge is 2.59. The van der Waals surface area contributed by atoms with Crippen molar-refractivity contribution in [2.75, 3.05) is 11.1 Å². The maximum Gasteiger partial charge on any atom is 0.389 e. The lowest BCUT2D eigenvalue weighted by atomic mass is 9.71. The largest absolute Gasteiger partial charge is 0.389 e. The lowest BCUT2D eigenvalue weighted by Crippen LogP contribution is -2.38. The molecule has 13 heteroatoms. The van der Waals surface area contributed by atoms with E-state index in [1.807, 2.05) is 0 Å². The molecule has 3 aromatic heterocycles. The van der Waals surface area contributed by atoms with Gasteiger partial charge in [-0.25, -0.2) is 24.3 Å². The zero-order chi connectivity index (χ0) is 26.1. The third-order valence-corrected chi connectivity index (χ3v) is 7.11. The molecule has 0 radical (unpaired) electrons. The van der Waals surface area contributed by atoms with Gasteiger partial charge in [-0.1, -0.05) is 17.7 Å². The molecule has 1 aliphatic heterocycles. The van der Waals surface area contributed by atoms with Crippen molar-refractivity contribution in [3.8, 4) is 11.5 Å². The number of nitrogens with one attached hydrogen (secondary N) is 1. The zero-order valence-corrected chi connectivity index (χ0v) is 19.7. The summed E-state index contributed by atoms with van der Waals surface area (Å²) in [6, 6.07) is 4.21. The van der Waals surface area contributed by atoms with Crippen LogP contribution in [0, 0.1) is 11.7 Å². The molecule has 0 bridgehead atoms. The number of carbonyl (C=O) groups is 1. The Labute approximate surface area is 211 Å². The van der Waals surface area contributed by atoms with E-state index in [0.29, 0.717) is 11.1 Å². The Morgan fingerprint density at radius 1 is 1.22 bits per heavy atom. The van der Waals surface area contributed by atoms with Crippen molar-refractivity contribution in [2.45, 2.75) is 37.3 Å². The number of halogens is 5. The Kier molecular flexibility index (Phi) is 5.17. The SMILES string of the molecule is Nc1nc(-c2cn3ccnc3c(CCC(F)(F)F)n2)nc2c1C(c1ccc(Cl)c(F)c1)(C1CC1)C(=O)N2. The fourth-order valence-corrected chi connectivity index (χ4v) is 5.20. The molecule has 1 fully saturated rings. The van der Waals surface area contributed by atoms with Gasteiger partial charge in [0.2, 0.25) is 5.91 Å². The van der Waals surface area contributed by atoms with Crippen LogP contribution in [0.3, 0.4) is 0 Å². The molecule has 1 aromatic carbocycles. The second-order valence-corrected chi connectivity index (χ2v) is 9.57. The average molecular weight is 532 g/mol. The Morgan fingerprint density at radius 2 is 2.00 bits per heavy atom. The number of rotatable bonds is 5. The van der Waals surface area contributed by atoms with Crippen molar-refractivity contribution in [1.29, 1.82) is 0 Å². The van der Waals surface area contributed by atoms with Crippen molar-refractivity contribution in [1.82, 2.24) is 24.3 Å². The number of benzene rings is 1. The number of fused-ring (bicyclic) bond motifs is 2. The molecule has 4 heterocycles. The highest BCUT2D eigenvalue weighted by Crippen LogP contribution is 2.57. The number of nitrogens with zero attached hydrogens (tertiary/aromatic N) is 5. The molecular weight excluding hydrogens is 514 g/mol. The minimum atomic E-state index is -4.37. The van der Waals surface area contributed by atoms with Gasteiger partial charge in [0.25, 0.3) is 0 Å². The topological polar surface area (TPSA) is 111 Å². The summed E-state index contributed by atoms with van der Waals surface area (Å²) in [5, 5.41) is 2.69. The number of amides is 1. The van der Waals surface area contributed by atoms with Crippen molar-refractivity contribution < 1.29 is 22.4 Å². The van der Waals surface area contributed by atoms with Crippen LogP contribution in [-0.2, 0) is 16.6 Å². The molecule has 4 aromatic rings. The quantitative estimate of drug-likeness (QED) is 0.361. The van der Waals surface area contributed by atoms with E-state index in [0.717, 1.165) is 12.8 Å². The van der Waals surface area contributed by atoms with E-state index in [2.05, 4.69) is 25.3 Å². The van der Waals surface area contributed by atoms with Crippen LogP contribution in [0.2, 0.25) is 5.02 Å². The Morgan fingerprint density at radius 3 is 2.70 bits per heavy atom. The Balaban J connectivity index is 1.48. The summed E-state index contributed by atoms with van der Waals surface area (Å²) in [4.78, 5) is 30.8. The van der Waals surface area contributed by atoms with Crippen LogP contribution in [0.1, 0.15) is 36.1 Å². The van der Waals surface area contributed by atoms with Crippen molar-refractivity contribution >= 4 is 34.8 Å². The highest BCUT2D eigenvalue weighted by atomic mass is 35.5. The van der Waals surface area contributed by atoms with Gasteiger partial charge in [0.15, 0.2) is 11.5 Å². The van der Waals surface area contributed by atoms with Crippen LogP contribution < -0.4 is 11.1 Å². The second kappa shape index (κ2) is 8.10. The van der Waals surface area contributed by atoms with E-state index in [1.54, 1.807) is 12.3 Å². The van der Waals surface area contributed by atoms with Gasteiger partial charge in [-0.2, -0.15) is 13.2 Å². The number of hydrogen-bond donors (Lipinski definition) is 2.